The summed E-state index contributed by atoms with van der Waals surface area (Å²) in [5.74, 6) is -0.109. The van der Waals surface area contributed by atoms with Gasteiger partial charge in [-0.05, 0) is 18.1 Å². The second-order valence-corrected chi connectivity index (χ2v) is 6.40. The van der Waals surface area contributed by atoms with Gasteiger partial charge in [-0.25, -0.2) is 4.68 Å². The summed E-state index contributed by atoms with van der Waals surface area (Å²) in [6.45, 7) is 3.86. The maximum Gasteiger partial charge on any atom is 0.274 e. The summed E-state index contributed by atoms with van der Waals surface area (Å²) in [7, 11) is 0. The van der Waals surface area contributed by atoms with Crippen LogP contribution in [0.15, 0.2) is 59.4 Å². The first-order valence-corrected chi connectivity index (χ1v) is 8.89. The Kier molecular flexibility index (Phi) is 5.46. The number of nitrogens with zero attached hydrogens (tertiary/aromatic N) is 2. The molecule has 1 heterocycles. The smallest absolute Gasteiger partial charge is 0.274 e. The molecule has 1 unspecified atom stereocenters. The highest BCUT2D eigenvalue weighted by Gasteiger charge is 2.17. The van der Waals surface area contributed by atoms with Gasteiger partial charge in [0.1, 0.15) is 0 Å². The molecule has 0 fully saturated rings. The quantitative estimate of drug-likeness (QED) is 0.744. The van der Waals surface area contributed by atoms with Crippen LogP contribution < -0.4 is 10.9 Å². The van der Waals surface area contributed by atoms with E-state index >= 15 is 0 Å². The molecule has 2 aromatic carbocycles. The Hall–Kier alpha value is -2.95. The molecule has 1 amide bonds. The maximum atomic E-state index is 13.0. The number of fused-ring (bicyclic) bond motifs is 1. The van der Waals surface area contributed by atoms with Crippen LogP contribution in [-0.2, 0) is 11.2 Å². The van der Waals surface area contributed by atoms with Crippen LogP contribution in [0.1, 0.15) is 37.6 Å². The summed E-state index contributed by atoms with van der Waals surface area (Å²) in [6, 6.07) is 17.5. The predicted octanol–water partition coefficient (Wildman–Crippen LogP) is 3.07. The normalized spacial score (nSPS) is 12.1. The number of hydrogen-bond acceptors (Lipinski definition) is 3. The number of carbonyl (C=O) groups excluding carboxylic acids is 1. The van der Waals surface area contributed by atoms with Gasteiger partial charge in [0, 0.05) is 25.3 Å². The fraction of sp³-hybridized carbons (Fsp3) is 0.286. The van der Waals surface area contributed by atoms with Crippen molar-refractivity contribution in [2.45, 2.75) is 32.7 Å². The van der Waals surface area contributed by atoms with Gasteiger partial charge in [0.2, 0.25) is 5.91 Å². The van der Waals surface area contributed by atoms with Crippen LogP contribution in [0.5, 0.6) is 0 Å². The van der Waals surface area contributed by atoms with E-state index in [4.69, 9.17) is 5.10 Å². The van der Waals surface area contributed by atoms with Crippen LogP contribution >= 0.6 is 0 Å². The number of aromatic nitrogens is 2. The van der Waals surface area contributed by atoms with Crippen molar-refractivity contribution in [1.29, 1.82) is 0 Å². The van der Waals surface area contributed by atoms with E-state index in [9.17, 15) is 9.59 Å². The van der Waals surface area contributed by atoms with Gasteiger partial charge in [-0.15, -0.1) is 0 Å². The highest BCUT2D eigenvalue weighted by atomic mass is 16.1. The lowest BCUT2D eigenvalue weighted by Gasteiger charge is -2.19. The largest absolute Gasteiger partial charge is 0.354 e. The molecule has 0 aliphatic carbocycles. The van der Waals surface area contributed by atoms with Crippen LogP contribution in [0.2, 0.25) is 0 Å². The van der Waals surface area contributed by atoms with E-state index < -0.39 is 0 Å². The van der Waals surface area contributed by atoms with Gasteiger partial charge in [-0.1, -0.05) is 55.5 Å². The number of nitrogens with one attached hydrogen (secondary N) is 1. The Labute approximate surface area is 152 Å². The summed E-state index contributed by atoms with van der Waals surface area (Å²) in [5.41, 5.74) is 1.90. The molecule has 1 N–H and O–H groups in total. The summed E-state index contributed by atoms with van der Waals surface area (Å²) < 4.78 is 1.54. The number of rotatable bonds is 6. The number of benzene rings is 2. The number of hydrogen-bond donors (Lipinski definition) is 1. The van der Waals surface area contributed by atoms with Crippen LogP contribution in [0, 0.1) is 0 Å². The topological polar surface area (TPSA) is 64.0 Å². The molecule has 0 bridgehead atoms. The minimum atomic E-state index is -0.175. The number of amides is 1. The van der Waals surface area contributed by atoms with Crippen molar-refractivity contribution >= 4 is 16.7 Å². The highest BCUT2D eigenvalue weighted by Crippen LogP contribution is 2.18. The fourth-order valence-electron chi connectivity index (χ4n) is 3.11. The lowest BCUT2D eigenvalue weighted by atomic mass is 10.0. The molecule has 1 aromatic heterocycles. The Morgan fingerprint density at radius 2 is 1.73 bits per heavy atom. The molecule has 26 heavy (non-hydrogen) atoms. The molecule has 3 aromatic rings. The lowest BCUT2D eigenvalue weighted by Crippen LogP contribution is -2.36. The average molecular weight is 349 g/mol. The van der Waals surface area contributed by atoms with Crippen LogP contribution in [0.4, 0.5) is 0 Å². The lowest BCUT2D eigenvalue weighted by molar-refractivity contribution is -0.119. The summed E-state index contributed by atoms with van der Waals surface area (Å²) in [6.07, 6.45) is 1.36. The van der Waals surface area contributed by atoms with Crippen molar-refractivity contribution in [3.63, 3.8) is 0 Å². The molecule has 0 saturated carbocycles. The van der Waals surface area contributed by atoms with E-state index in [1.54, 1.807) is 0 Å². The zero-order chi connectivity index (χ0) is 18.5. The molecule has 3 rings (SSSR count). The molecule has 134 valence electrons. The third-order valence-electron chi connectivity index (χ3n) is 4.52. The van der Waals surface area contributed by atoms with Crippen molar-refractivity contribution in [3.05, 3.63) is 76.2 Å². The van der Waals surface area contributed by atoms with Crippen molar-refractivity contribution in [2.75, 3.05) is 6.54 Å². The zero-order valence-electron chi connectivity index (χ0n) is 15.1. The Morgan fingerprint density at radius 3 is 2.38 bits per heavy atom. The predicted molar refractivity (Wildman–Crippen MR) is 103 cm³/mol. The first kappa shape index (κ1) is 17.9. The Balaban J connectivity index is 2.10. The second kappa shape index (κ2) is 7.95. The summed E-state index contributed by atoms with van der Waals surface area (Å²) in [4.78, 5) is 24.2. The molecule has 5 nitrogen and oxygen atoms in total. The van der Waals surface area contributed by atoms with E-state index in [-0.39, 0.29) is 17.5 Å². The first-order chi connectivity index (χ1) is 12.6. The van der Waals surface area contributed by atoms with Gasteiger partial charge in [-0.3, -0.25) is 9.59 Å². The molecule has 0 aliphatic heterocycles. The third kappa shape index (κ3) is 3.82. The first-order valence-electron chi connectivity index (χ1n) is 8.89. The molecule has 5 heteroatoms. The molecular formula is C21H23N3O2. The maximum absolute atomic E-state index is 13.0. The zero-order valence-corrected chi connectivity index (χ0v) is 15.1. The van der Waals surface area contributed by atoms with E-state index in [0.29, 0.717) is 24.8 Å². The van der Waals surface area contributed by atoms with Gasteiger partial charge in [0.25, 0.3) is 5.56 Å². The van der Waals surface area contributed by atoms with Gasteiger partial charge in [0.15, 0.2) is 0 Å². The Morgan fingerprint density at radius 1 is 1.08 bits per heavy atom. The number of carbonyl (C=O) groups is 1. The van der Waals surface area contributed by atoms with Gasteiger partial charge in [0.05, 0.1) is 17.1 Å². The van der Waals surface area contributed by atoms with Crippen LogP contribution in [0.25, 0.3) is 10.8 Å². The van der Waals surface area contributed by atoms with Crippen molar-refractivity contribution < 1.29 is 4.79 Å². The minimum absolute atomic E-state index is 0.109. The van der Waals surface area contributed by atoms with Crippen molar-refractivity contribution in [2.24, 2.45) is 0 Å². The standard InChI is InChI=1S/C21H23N3O2/c1-3-17(14-22-15(2)25)24-21(26)19-12-8-7-11-18(19)20(23-24)13-16-9-5-4-6-10-16/h4-12,17H,3,13-14H2,1-2H3,(H,22,25). The summed E-state index contributed by atoms with van der Waals surface area (Å²) in [5, 5.41) is 9.04. The average Bonchev–Trinajstić information content (AvgIpc) is 2.66. The molecule has 0 saturated heterocycles. The minimum Gasteiger partial charge on any atom is -0.354 e. The second-order valence-electron chi connectivity index (χ2n) is 6.40. The molecule has 0 radical (unpaired) electrons. The Bertz CT molecular complexity index is 964. The molecular weight excluding hydrogens is 326 g/mol. The van der Waals surface area contributed by atoms with Crippen molar-refractivity contribution in [3.8, 4) is 0 Å². The highest BCUT2D eigenvalue weighted by molar-refractivity contribution is 5.83. The SMILES string of the molecule is CCC(CNC(C)=O)n1nc(Cc2ccccc2)c2ccccc2c1=O. The fourth-order valence-corrected chi connectivity index (χ4v) is 3.11. The monoisotopic (exact) mass is 349 g/mol. The van der Waals surface area contributed by atoms with E-state index in [1.165, 1.54) is 11.6 Å². The van der Waals surface area contributed by atoms with Crippen LogP contribution in [-0.4, -0.2) is 22.2 Å². The van der Waals surface area contributed by atoms with Gasteiger partial charge in [-0.2, -0.15) is 5.10 Å². The molecule has 0 spiro atoms. The van der Waals surface area contributed by atoms with Gasteiger partial charge >= 0.3 is 0 Å². The third-order valence-corrected chi connectivity index (χ3v) is 4.52. The summed E-state index contributed by atoms with van der Waals surface area (Å²) >= 11 is 0. The van der Waals surface area contributed by atoms with E-state index in [2.05, 4.69) is 17.4 Å². The van der Waals surface area contributed by atoms with E-state index in [1.807, 2.05) is 49.4 Å². The molecule has 0 aliphatic rings. The van der Waals surface area contributed by atoms with Crippen molar-refractivity contribution in [1.82, 2.24) is 15.1 Å². The van der Waals surface area contributed by atoms with Crippen LogP contribution in [0.3, 0.4) is 0 Å². The van der Waals surface area contributed by atoms with E-state index in [0.717, 1.165) is 16.6 Å². The molecule has 1 atom stereocenters. The van der Waals surface area contributed by atoms with Gasteiger partial charge < -0.3 is 5.32 Å².